The van der Waals surface area contributed by atoms with Gasteiger partial charge in [-0.1, -0.05) is 18.2 Å². The molecular weight excluding hydrogens is 179 g/mol. The Labute approximate surface area is 81.4 Å². The second kappa shape index (κ2) is 3.87. The average Bonchev–Trinajstić information content (AvgIpc) is 2.30. The fraction of sp³-hybridized carbons (Fsp3) is 0. The molecular formula is C11H9FN2. The summed E-state index contributed by atoms with van der Waals surface area (Å²) in [7, 11) is 0. The molecule has 0 radical (unpaired) electrons. The number of benzene rings is 1. The Kier molecular flexibility index (Phi) is 2.40. The van der Waals surface area contributed by atoms with E-state index < -0.39 is 0 Å². The van der Waals surface area contributed by atoms with Gasteiger partial charge in [0.2, 0.25) is 0 Å². The van der Waals surface area contributed by atoms with Gasteiger partial charge in [-0.25, -0.2) is 5.54 Å². The van der Waals surface area contributed by atoms with E-state index in [-0.39, 0.29) is 0 Å². The smallest absolute Gasteiger partial charge is 0.0702 e. The van der Waals surface area contributed by atoms with Crippen LogP contribution in [0.5, 0.6) is 0 Å². The normalized spacial score (nSPS) is 9.79. The summed E-state index contributed by atoms with van der Waals surface area (Å²) in [5, 5.41) is 0. The fourth-order valence-electron chi connectivity index (χ4n) is 1.27. The molecule has 3 heteroatoms. The molecule has 0 fully saturated rings. The minimum absolute atomic E-state index is 0.438. The topological polar surface area (TPSA) is 24.9 Å². The highest BCUT2D eigenvalue weighted by Gasteiger charge is 1.98. The Balaban J connectivity index is 2.42. The molecule has 1 aromatic carbocycles. The molecule has 0 saturated heterocycles. The Hall–Kier alpha value is -1.90. The summed E-state index contributed by atoms with van der Waals surface area (Å²) in [6, 6.07) is 12.7. The van der Waals surface area contributed by atoms with Gasteiger partial charge in [-0.15, -0.1) is 4.48 Å². The molecule has 2 aromatic rings. The van der Waals surface area contributed by atoms with Crippen molar-refractivity contribution >= 4 is 5.69 Å². The van der Waals surface area contributed by atoms with Crippen molar-refractivity contribution in [2.24, 2.45) is 0 Å². The molecule has 0 spiro atoms. The Morgan fingerprint density at radius 3 is 2.71 bits per heavy atom. The first kappa shape index (κ1) is 8.69. The van der Waals surface area contributed by atoms with Gasteiger partial charge < -0.3 is 0 Å². The van der Waals surface area contributed by atoms with E-state index in [1.165, 1.54) is 0 Å². The number of nitrogens with one attached hydrogen (secondary N) is 1. The molecule has 2 rings (SSSR count). The quantitative estimate of drug-likeness (QED) is 0.732. The number of nitrogens with zero attached hydrogens (tertiary/aromatic N) is 1. The van der Waals surface area contributed by atoms with Gasteiger partial charge in [0.1, 0.15) is 0 Å². The monoisotopic (exact) mass is 188 g/mol. The summed E-state index contributed by atoms with van der Waals surface area (Å²) in [5.74, 6) is 0. The van der Waals surface area contributed by atoms with E-state index in [1.807, 2.05) is 24.3 Å². The van der Waals surface area contributed by atoms with Crippen molar-refractivity contribution in [3.63, 3.8) is 0 Å². The van der Waals surface area contributed by atoms with E-state index in [2.05, 4.69) is 4.98 Å². The molecule has 0 aliphatic rings. The minimum Gasteiger partial charge on any atom is -0.256 e. The van der Waals surface area contributed by atoms with Gasteiger partial charge in [0.25, 0.3) is 0 Å². The van der Waals surface area contributed by atoms with E-state index in [9.17, 15) is 4.48 Å². The van der Waals surface area contributed by atoms with Crippen LogP contribution in [-0.4, -0.2) is 4.98 Å². The van der Waals surface area contributed by atoms with E-state index in [1.54, 1.807) is 29.9 Å². The van der Waals surface area contributed by atoms with Crippen LogP contribution >= 0.6 is 0 Å². The van der Waals surface area contributed by atoms with Crippen LogP contribution in [0.4, 0.5) is 10.2 Å². The summed E-state index contributed by atoms with van der Waals surface area (Å²) in [6.07, 6.45) is 1.71. The van der Waals surface area contributed by atoms with Crippen LogP contribution in [0.2, 0.25) is 0 Å². The van der Waals surface area contributed by atoms with Crippen LogP contribution in [0.3, 0.4) is 0 Å². The van der Waals surface area contributed by atoms with Crippen LogP contribution in [-0.2, 0) is 0 Å². The van der Waals surface area contributed by atoms with E-state index in [0.29, 0.717) is 5.69 Å². The zero-order valence-corrected chi connectivity index (χ0v) is 7.44. The number of pyridine rings is 1. The fourth-order valence-corrected chi connectivity index (χ4v) is 1.27. The van der Waals surface area contributed by atoms with Gasteiger partial charge in [-0.2, -0.15) is 0 Å². The summed E-state index contributed by atoms with van der Waals surface area (Å²) in [6.45, 7) is 0. The van der Waals surface area contributed by atoms with Crippen LogP contribution < -0.4 is 5.54 Å². The summed E-state index contributed by atoms with van der Waals surface area (Å²) in [5.41, 5.74) is 3.78. The highest BCUT2D eigenvalue weighted by atomic mass is 19.2. The molecule has 0 unspecified atom stereocenters. The number of hydrogen-bond donors (Lipinski definition) is 1. The number of anilines is 1. The number of halogens is 1. The lowest BCUT2D eigenvalue weighted by Gasteiger charge is -2.01. The number of hydrogen-bond acceptors (Lipinski definition) is 2. The van der Waals surface area contributed by atoms with Crippen molar-refractivity contribution in [2.45, 2.75) is 0 Å². The van der Waals surface area contributed by atoms with Crippen LogP contribution in [0.15, 0.2) is 48.7 Å². The lowest BCUT2D eigenvalue weighted by molar-refractivity contribution is 0.618. The maximum absolute atomic E-state index is 12.2. The third kappa shape index (κ3) is 1.71. The van der Waals surface area contributed by atoms with Gasteiger partial charge in [0, 0.05) is 11.8 Å². The molecule has 2 nitrogen and oxygen atoms in total. The highest BCUT2D eigenvalue weighted by Crippen LogP contribution is 2.20. The van der Waals surface area contributed by atoms with Crippen LogP contribution in [0, 0.1) is 0 Å². The third-order valence-electron chi connectivity index (χ3n) is 1.93. The van der Waals surface area contributed by atoms with E-state index in [0.717, 1.165) is 11.3 Å². The summed E-state index contributed by atoms with van der Waals surface area (Å²) >= 11 is 0. The molecule has 0 aliphatic carbocycles. The minimum atomic E-state index is 0.438. The van der Waals surface area contributed by atoms with E-state index >= 15 is 0 Å². The van der Waals surface area contributed by atoms with Gasteiger partial charge in [-0.05, 0) is 24.3 Å². The van der Waals surface area contributed by atoms with Crippen molar-refractivity contribution in [3.05, 3.63) is 48.7 Å². The maximum Gasteiger partial charge on any atom is 0.0702 e. The second-order valence-corrected chi connectivity index (χ2v) is 2.89. The second-order valence-electron chi connectivity index (χ2n) is 2.89. The van der Waals surface area contributed by atoms with Crippen molar-refractivity contribution in [3.8, 4) is 11.3 Å². The van der Waals surface area contributed by atoms with Crippen molar-refractivity contribution in [1.29, 1.82) is 0 Å². The molecule has 70 valence electrons. The lowest BCUT2D eigenvalue weighted by atomic mass is 10.1. The van der Waals surface area contributed by atoms with Crippen molar-refractivity contribution in [1.82, 2.24) is 4.98 Å². The van der Waals surface area contributed by atoms with Gasteiger partial charge in [0.05, 0.1) is 11.4 Å². The predicted molar refractivity (Wildman–Crippen MR) is 54.4 cm³/mol. The Morgan fingerprint density at radius 1 is 1.07 bits per heavy atom. The molecule has 14 heavy (non-hydrogen) atoms. The number of rotatable bonds is 2. The predicted octanol–water partition coefficient (Wildman–Crippen LogP) is 3.05. The zero-order chi connectivity index (χ0) is 9.80. The maximum atomic E-state index is 12.2. The third-order valence-corrected chi connectivity index (χ3v) is 1.93. The molecule has 1 aromatic heterocycles. The van der Waals surface area contributed by atoms with Gasteiger partial charge in [0.15, 0.2) is 0 Å². The van der Waals surface area contributed by atoms with Crippen LogP contribution in [0.1, 0.15) is 0 Å². The van der Waals surface area contributed by atoms with Gasteiger partial charge in [-0.3, -0.25) is 4.98 Å². The number of aromatic nitrogens is 1. The van der Waals surface area contributed by atoms with E-state index in [4.69, 9.17) is 0 Å². The summed E-state index contributed by atoms with van der Waals surface area (Å²) < 4.78 is 12.2. The van der Waals surface area contributed by atoms with Gasteiger partial charge >= 0.3 is 0 Å². The lowest BCUT2D eigenvalue weighted by Crippen LogP contribution is -1.85. The molecule has 0 amide bonds. The summed E-state index contributed by atoms with van der Waals surface area (Å²) in [4.78, 5) is 4.17. The van der Waals surface area contributed by atoms with Crippen molar-refractivity contribution < 1.29 is 4.48 Å². The largest absolute Gasteiger partial charge is 0.256 e. The van der Waals surface area contributed by atoms with Crippen molar-refractivity contribution in [2.75, 3.05) is 5.54 Å². The molecule has 1 N–H and O–H groups in total. The standard InChI is InChI=1S/C11H9FN2/c12-14-10-5-3-4-9(8-10)11-6-1-2-7-13-11/h1-8,14H. The Bertz CT molecular complexity index is 415. The Morgan fingerprint density at radius 2 is 2.00 bits per heavy atom. The molecule has 0 bridgehead atoms. The first-order chi connectivity index (χ1) is 6.90. The molecule has 0 saturated carbocycles. The first-order valence-electron chi connectivity index (χ1n) is 4.28. The molecule has 0 aliphatic heterocycles. The average molecular weight is 188 g/mol. The molecule has 1 heterocycles. The zero-order valence-electron chi connectivity index (χ0n) is 7.44. The molecule has 0 atom stereocenters. The first-order valence-corrected chi connectivity index (χ1v) is 4.28. The van der Waals surface area contributed by atoms with Crippen LogP contribution in [0.25, 0.3) is 11.3 Å². The highest BCUT2D eigenvalue weighted by molar-refractivity contribution is 5.64. The SMILES string of the molecule is FNc1cccc(-c2ccccn2)c1.